The number of methoxy groups -OCH3 is 1. The zero-order valence-corrected chi connectivity index (χ0v) is 16.2. The molecule has 2 aromatic rings. The second-order valence-electron chi connectivity index (χ2n) is 5.67. The lowest BCUT2D eigenvalue weighted by Crippen LogP contribution is -2.28. The molecule has 5 nitrogen and oxygen atoms in total. The van der Waals surface area contributed by atoms with E-state index in [2.05, 4.69) is 5.10 Å². The summed E-state index contributed by atoms with van der Waals surface area (Å²) in [5, 5.41) is 16.4. The van der Waals surface area contributed by atoms with Gasteiger partial charge in [-0.25, -0.2) is 9.80 Å². The third kappa shape index (κ3) is 3.61. The molecule has 0 saturated heterocycles. The van der Waals surface area contributed by atoms with Crippen molar-refractivity contribution in [3.63, 3.8) is 0 Å². The molecule has 0 spiro atoms. The van der Waals surface area contributed by atoms with Gasteiger partial charge in [-0.3, -0.25) is 0 Å². The van der Waals surface area contributed by atoms with Gasteiger partial charge in [-0.2, -0.15) is 5.10 Å². The number of nitrogens with zero attached hydrogens (tertiary/aromatic N) is 2. The van der Waals surface area contributed by atoms with Crippen LogP contribution in [0.15, 0.2) is 75.2 Å². The normalized spacial score (nSPS) is 15.4. The third-order valence-electron chi connectivity index (χ3n) is 4.05. The Morgan fingerprint density at radius 3 is 2.48 bits per heavy atom. The van der Waals surface area contributed by atoms with Crippen LogP contribution in [0.2, 0.25) is 0 Å². The summed E-state index contributed by atoms with van der Waals surface area (Å²) in [6, 6.07) is 15.8. The van der Waals surface area contributed by atoms with E-state index in [1.165, 1.54) is 12.1 Å². The van der Waals surface area contributed by atoms with Crippen molar-refractivity contribution < 1.29 is 14.6 Å². The maximum Gasteiger partial charge on any atom is 0.360 e. The van der Waals surface area contributed by atoms with Crippen LogP contribution in [0.25, 0.3) is 11.5 Å². The fourth-order valence-corrected chi connectivity index (χ4v) is 3.76. The number of allylic oxidation sites excluding steroid dienone is 1. The summed E-state index contributed by atoms with van der Waals surface area (Å²) in [4.78, 5) is 14.4. The number of benzene rings is 2. The smallest absolute Gasteiger partial charge is 0.360 e. The molecule has 2 aromatic carbocycles. The Bertz CT molecular complexity index is 949. The Labute approximate surface area is 162 Å². The summed E-state index contributed by atoms with van der Waals surface area (Å²) in [5.41, 5.74) is 2.08. The zero-order chi connectivity index (χ0) is 19.4. The molecule has 0 radical (unpaired) electrons. The van der Waals surface area contributed by atoms with Crippen molar-refractivity contribution in [1.82, 2.24) is 5.01 Å². The fraction of sp³-hybridized carbons (Fsp3) is 0.143. The molecule has 27 heavy (non-hydrogen) atoms. The number of aliphatic hydroxyl groups excluding tert-OH is 1. The number of aliphatic hydroxyl groups is 1. The number of hydrazone groups is 1. The molecule has 1 aliphatic rings. The average Bonchev–Trinajstić information content (AvgIpc) is 2.69. The molecule has 0 atom stereocenters. The molecule has 0 aromatic heterocycles. The highest BCUT2D eigenvalue weighted by Crippen LogP contribution is 2.40. The van der Waals surface area contributed by atoms with Crippen molar-refractivity contribution in [3.05, 3.63) is 71.4 Å². The van der Waals surface area contributed by atoms with Crippen molar-refractivity contribution in [1.29, 1.82) is 0 Å². The number of carbonyl (C=O) groups excluding carboxylic acids is 1. The topological polar surface area (TPSA) is 62.1 Å². The molecule has 0 unspecified atom stereocenters. The standard InChI is InChI=1S/C21H20N2O3S/c1-4-18-17-13-15(27-14-9-7-6-8-10-14)11-12-16(17)20(24)19(21(25)26-3)23(18)22-5-2/h4-13,24H,1-3H3/b18-4+,22-5-. The highest BCUT2D eigenvalue weighted by atomic mass is 32.2. The van der Waals surface area contributed by atoms with Crippen molar-refractivity contribution in [3.8, 4) is 0 Å². The first-order valence-corrected chi connectivity index (χ1v) is 9.26. The maximum atomic E-state index is 12.3. The number of fused-ring (bicyclic) bond motifs is 1. The van der Waals surface area contributed by atoms with Crippen molar-refractivity contribution in [2.75, 3.05) is 7.11 Å². The number of hydrogen-bond donors (Lipinski definition) is 1. The molecule has 1 N–H and O–H groups in total. The van der Waals surface area contributed by atoms with E-state index in [1.807, 2.05) is 61.5 Å². The minimum atomic E-state index is -0.647. The number of esters is 1. The minimum absolute atomic E-state index is 0.000313. The van der Waals surface area contributed by atoms with Crippen LogP contribution in [0.3, 0.4) is 0 Å². The predicted molar refractivity (Wildman–Crippen MR) is 108 cm³/mol. The van der Waals surface area contributed by atoms with Gasteiger partial charge in [-0.15, -0.1) is 0 Å². The van der Waals surface area contributed by atoms with Gasteiger partial charge in [0.2, 0.25) is 0 Å². The van der Waals surface area contributed by atoms with Gasteiger partial charge in [0.25, 0.3) is 0 Å². The van der Waals surface area contributed by atoms with E-state index in [0.29, 0.717) is 11.3 Å². The quantitative estimate of drug-likeness (QED) is 0.603. The Balaban J connectivity index is 2.13. The summed E-state index contributed by atoms with van der Waals surface area (Å²) in [6.07, 6.45) is 3.42. The van der Waals surface area contributed by atoms with E-state index in [1.54, 1.807) is 24.9 Å². The molecule has 1 heterocycles. The molecule has 0 saturated carbocycles. The van der Waals surface area contributed by atoms with Crippen molar-refractivity contribution in [2.45, 2.75) is 23.6 Å². The van der Waals surface area contributed by atoms with Crippen LogP contribution in [0, 0.1) is 0 Å². The lowest BCUT2D eigenvalue weighted by Gasteiger charge is -2.30. The Kier molecular flexibility index (Phi) is 5.66. The Morgan fingerprint density at radius 1 is 1.11 bits per heavy atom. The molecule has 0 fully saturated rings. The van der Waals surface area contributed by atoms with Crippen molar-refractivity contribution >= 4 is 35.4 Å². The van der Waals surface area contributed by atoms with Crippen molar-refractivity contribution in [2.24, 2.45) is 5.10 Å². The molecular formula is C21H20N2O3S. The minimum Gasteiger partial charge on any atom is -0.505 e. The van der Waals surface area contributed by atoms with Crippen LogP contribution in [-0.2, 0) is 9.53 Å². The molecule has 0 bridgehead atoms. The van der Waals surface area contributed by atoms with Gasteiger partial charge in [0.1, 0.15) is 0 Å². The lowest BCUT2D eigenvalue weighted by atomic mass is 9.97. The van der Waals surface area contributed by atoms with Crippen LogP contribution in [0.1, 0.15) is 25.0 Å². The zero-order valence-electron chi connectivity index (χ0n) is 15.3. The third-order valence-corrected chi connectivity index (χ3v) is 5.05. The average molecular weight is 380 g/mol. The van der Waals surface area contributed by atoms with E-state index in [4.69, 9.17) is 4.74 Å². The largest absolute Gasteiger partial charge is 0.505 e. The highest BCUT2D eigenvalue weighted by molar-refractivity contribution is 7.99. The van der Waals surface area contributed by atoms with Gasteiger partial charge in [-0.1, -0.05) is 36.0 Å². The monoisotopic (exact) mass is 380 g/mol. The molecule has 6 heteroatoms. The number of hydrogen-bond acceptors (Lipinski definition) is 6. The van der Waals surface area contributed by atoms with Gasteiger partial charge >= 0.3 is 5.97 Å². The van der Waals surface area contributed by atoms with Crippen LogP contribution in [0.4, 0.5) is 0 Å². The van der Waals surface area contributed by atoms with Gasteiger partial charge < -0.3 is 9.84 Å². The predicted octanol–water partition coefficient (Wildman–Crippen LogP) is 4.92. The lowest BCUT2D eigenvalue weighted by molar-refractivity contribution is -0.137. The second-order valence-corrected chi connectivity index (χ2v) is 6.82. The van der Waals surface area contributed by atoms with Gasteiger partial charge in [-0.05, 0) is 44.2 Å². The van der Waals surface area contributed by atoms with E-state index < -0.39 is 5.97 Å². The second kappa shape index (κ2) is 8.14. The molecular weight excluding hydrogens is 360 g/mol. The summed E-state index contributed by atoms with van der Waals surface area (Å²) in [6.45, 7) is 3.61. The first-order valence-electron chi connectivity index (χ1n) is 8.45. The SMILES string of the molecule is C/C=N\N1C(C(=O)OC)=C(O)c2ccc(Sc3ccccc3)cc2/C1=C\C. The number of carbonyl (C=O) groups is 1. The Hall–Kier alpha value is -2.99. The fourth-order valence-electron chi connectivity index (χ4n) is 2.89. The van der Waals surface area contributed by atoms with Gasteiger partial charge in [0, 0.05) is 27.1 Å². The number of rotatable bonds is 4. The number of ether oxygens (including phenoxy) is 1. The first-order chi connectivity index (χ1) is 13.1. The van der Waals surface area contributed by atoms with Crippen LogP contribution in [-0.4, -0.2) is 29.4 Å². The molecule has 138 valence electrons. The van der Waals surface area contributed by atoms with Gasteiger partial charge in [0.15, 0.2) is 11.5 Å². The summed E-state index contributed by atoms with van der Waals surface area (Å²) < 4.78 is 4.84. The van der Waals surface area contributed by atoms with E-state index in [0.717, 1.165) is 15.4 Å². The molecule has 0 aliphatic carbocycles. The molecule has 1 aliphatic heterocycles. The first kappa shape index (κ1) is 18.8. The highest BCUT2D eigenvalue weighted by Gasteiger charge is 2.33. The van der Waals surface area contributed by atoms with Crippen LogP contribution < -0.4 is 0 Å². The Morgan fingerprint density at radius 2 is 1.85 bits per heavy atom. The van der Waals surface area contributed by atoms with E-state index in [9.17, 15) is 9.90 Å². The van der Waals surface area contributed by atoms with E-state index in [-0.39, 0.29) is 11.5 Å². The van der Waals surface area contributed by atoms with Crippen LogP contribution in [0.5, 0.6) is 0 Å². The summed E-state index contributed by atoms with van der Waals surface area (Å²) in [5.74, 6) is -0.796. The molecule has 0 amide bonds. The van der Waals surface area contributed by atoms with E-state index >= 15 is 0 Å². The molecule has 3 rings (SSSR count). The van der Waals surface area contributed by atoms with Gasteiger partial charge in [0.05, 0.1) is 12.8 Å². The summed E-state index contributed by atoms with van der Waals surface area (Å²) in [7, 11) is 1.28. The maximum absolute atomic E-state index is 12.3. The van der Waals surface area contributed by atoms with Crippen LogP contribution >= 0.6 is 11.8 Å². The summed E-state index contributed by atoms with van der Waals surface area (Å²) >= 11 is 1.63.